The van der Waals surface area contributed by atoms with E-state index in [1.807, 2.05) is 0 Å². The highest BCUT2D eigenvalue weighted by Gasteiger charge is 2.51. The first-order chi connectivity index (χ1) is 8.80. The summed E-state index contributed by atoms with van der Waals surface area (Å²) in [6.07, 6.45) is 1.15. The van der Waals surface area contributed by atoms with Gasteiger partial charge in [-0.05, 0) is 57.6 Å². The summed E-state index contributed by atoms with van der Waals surface area (Å²) < 4.78 is 12.2. The smallest absolute Gasteiger partial charge is 0.399 e. The average Bonchev–Trinajstić information content (AvgIpc) is 2.99. The van der Waals surface area contributed by atoms with Crippen LogP contribution in [0.3, 0.4) is 0 Å². The first kappa shape index (κ1) is 13.0. The minimum absolute atomic E-state index is 0.260. The minimum Gasteiger partial charge on any atom is -0.399 e. The third kappa shape index (κ3) is 2.15. The molecule has 0 radical (unpaired) electrons. The molecular weight excluding hydrogens is 235 g/mol. The number of rotatable bonds is 2. The van der Waals surface area contributed by atoms with Gasteiger partial charge in [0.05, 0.1) is 11.2 Å². The predicted octanol–water partition coefficient (Wildman–Crippen LogP) is 3.16. The lowest BCUT2D eigenvalue weighted by Gasteiger charge is -2.32. The van der Waals surface area contributed by atoms with Gasteiger partial charge in [0.2, 0.25) is 0 Å². The molecule has 0 unspecified atom stereocenters. The summed E-state index contributed by atoms with van der Waals surface area (Å²) >= 11 is 0. The normalized spacial score (nSPS) is 23.9. The van der Waals surface area contributed by atoms with E-state index in [2.05, 4.69) is 58.9 Å². The van der Waals surface area contributed by atoms with Gasteiger partial charge in [0.25, 0.3) is 0 Å². The predicted molar refractivity (Wildman–Crippen MR) is 79.4 cm³/mol. The molecule has 1 aromatic carbocycles. The lowest BCUT2D eigenvalue weighted by molar-refractivity contribution is 0.00578. The van der Waals surface area contributed by atoms with Gasteiger partial charge in [0.1, 0.15) is 0 Å². The van der Waals surface area contributed by atoms with Crippen molar-refractivity contribution in [1.82, 2.24) is 0 Å². The van der Waals surface area contributed by atoms with Crippen molar-refractivity contribution in [1.29, 1.82) is 0 Å². The van der Waals surface area contributed by atoms with Gasteiger partial charge in [-0.2, -0.15) is 0 Å². The van der Waals surface area contributed by atoms with Gasteiger partial charge >= 0.3 is 7.12 Å². The molecule has 0 bridgehead atoms. The van der Waals surface area contributed by atoms with Gasteiger partial charge < -0.3 is 9.31 Å². The maximum atomic E-state index is 6.09. The van der Waals surface area contributed by atoms with Crippen LogP contribution in [0.5, 0.6) is 0 Å². The Kier molecular flexibility index (Phi) is 2.71. The van der Waals surface area contributed by atoms with Crippen LogP contribution < -0.4 is 5.46 Å². The summed E-state index contributed by atoms with van der Waals surface area (Å²) in [5, 5.41) is 0. The van der Waals surface area contributed by atoms with E-state index in [0.29, 0.717) is 0 Å². The van der Waals surface area contributed by atoms with Crippen molar-refractivity contribution in [2.75, 3.05) is 0 Å². The number of hydrogen-bond acceptors (Lipinski definition) is 2. The minimum atomic E-state index is -0.275. The Morgan fingerprint density at radius 3 is 2.16 bits per heavy atom. The molecule has 1 heterocycles. The van der Waals surface area contributed by atoms with Crippen LogP contribution in [-0.4, -0.2) is 18.3 Å². The van der Waals surface area contributed by atoms with Crippen molar-refractivity contribution >= 4 is 18.2 Å². The maximum Gasteiger partial charge on any atom is 0.494 e. The van der Waals surface area contributed by atoms with E-state index in [1.165, 1.54) is 16.7 Å². The van der Waals surface area contributed by atoms with E-state index in [0.717, 1.165) is 11.9 Å². The lowest BCUT2D eigenvalue weighted by Crippen LogP contribution is -2.41. The quantitative estimate of drug-likeness (QED) is 0.757. The summed E-state index contributed by atoms with van der Waals surface area (Å²) in [6.45, 7) is 10.5. The van der Waals surface area contributed by atoms with Crippen molar-refractivity contribution in [3.05, 3.63) is 35.4 Å². The third-order valence-corrected chi connectivity index (χ3v) is 4.59. The van der Waals surface area contributed by atoms with Crippen LogP contribution in [0.25, 0.3) is 5.57 Å². The van der Waals surface area contributed by atoms with Crippen molar-refractivity contribution < 1.29 is 9.31 Å². The Labute approximate surface area is 115 Å². The third-order valence-electron chi connectivity index (χ3n) is 4.59. The summed E-state index contributed by atoms with van der Waals surface area (Å²) in [5.74, 6) is 0. The zero-order valence-corrected chi connectivity index (χ0v) is 12.4. The molecule has 0 spiro atoms. The van der Waals surface area contributed by atoms with Gasteiger partial charge in [-0.25, -0.2) is 0 Å². The Balaban J connectivity index is 1.88. The first-order valence-corrected chi connectivity index (χ1v) is 6.95. The van der Waals surface area contributed by atoms with Crippen LogP contribution in [0.2, 0.25) is 0 Å². The van der Waals surface area contributed by atoms with Crippen LogP contribution in [0.4, 0.5) is 0 Å². The van der Waals surface area contributed by atoms with Gasteiger partial charge in [-0.15, -0.1) is 0 Å². The molecule has 1 aliphatic heterocycles. The van der Waals surface area contributed by atoms with Gasteiger partial charge in [-0.3, -0.25) is 0 Å². The van der Waals surface area contributed by atoms with Crippen LogP contribution in [0.1, 0.15) is 46.6 Å². The van der Waals surface area contributed by atoms with Crippen molar-refractivity contribution in [3.8, 4) is 0 Å². The van der Waals surface area contributed by atoms with Gasteiger partial charge in [-0.1, -0.05) is 29.8 Å². The number of hydrogen-bond donors (Lipinski definition) is 0. The molecular formula is C16H21BO2. The Morgan fingerprint density at radius 1 is 1.05 bits per heavy atom. The van der Waals surface area contributed by atoms with Gasteiger partial charge in [0, 0.05) is 0 Å². The van der Waals surface area contributed by atoms with E-state index >= 15 is 0 Å². The van der Waals surface area contributed by atoms with Crippen molar-refractivity contribution in [3.63, 3.8) is 0 Å². The molecule has 0 saturated carbocycles. The summed E-state index contributed by atoms with van der Waals surface area (Å²) in [5.41, 5.74) is 4.84. The van der Waals surface area contributed by atoms with E-state index < -0.39 is 0 Å². The van der Waals surface area contributed by atoms with E-state index in [1.54, 1.807) is 0 Å². The zero-order valence-electron chi connectivity index (χ0n) is 12.4. The van der Waals surface area contributed by atoms with Crippen LogP contribution in [0, 0.1) is 0 Å². The second-order valence-corrected chi connectivity index (χ2v) is 6.65. The highest BCUT2D eigenvalue weighted by Crippen LogP contribution is 2.40. The Morgan fingerprint density at radius 2 is 1.63 bits per heavy atom. The van der Waals surface area contributed by atoms with Crippen LogP contribution in [-0.2, 0) is 9.31 Å². The fourth-order valence-corrected chi connectivity index (χ4v) is 2.42. The SMILES string of the molecule is CC1=C(c2cccc(B3OC(C)(C)C(C)(C)O3)c2)C1. The highest BCUT2D eigenvalue weighted by atomic mass is 16.7. The molecule has 0 atom stereocenters. The molecule has 100 valence electrons. The molecule has 0 aromatic heterocycles. The first-order valence-electron chi connectivity index (χ1n) is 6.95. The molecule has 3 heteroatoms. The van der Waals surface area contributed by atoms with Crippen molar-refractivity contribution in [2.24, 2.45) is 0 Å². The Hall–Kier alpha value is -1.06. The molecule has 2 aliphatic rings. The molecule has 3 rings (SSSR count). The summed E-state index contributed by atoms with van der Waals surface area (Å²) in [6, 6.07) is 8.55. The molecule has 19 heavy (non-hydrogen) atoms. The molecule has 1 fully saturated rings. The fourth-order valence-electron chi connectivity index (χ4n) is 2.42. The summed E-state index contributed by atoms with van der Waals surface area (Å²) in [7, 11) is -0.260. The second-order valence-electron chi connectivity index (χ2n) is 6.65. The maximum absolute atomic E-state index is 6.09. The molecule has 1 aliphatic carbocycles. The average molecular weight is 256 g/mol. The molecule has 1 aromatic rings. The molecule has 2 nitrogen and oxygen atoms in total. The zero-order chi connectivity index (χ0) is 13.8. The lowest BCUT2D eigenvalue weighted by atomic mass is 9.78. The standard InChI is InChI=1S/C16H21BO2/c1-11-9-14(11)12-7-6-8-13(10-12)17-18-15(2,3)16(4,5)19-17/h6-8,10H,9H2,1-5H3. The Bertz CT molecular complexity index is 542. The number of benzene rings is 1. The molecule has 1 saturated heterocycles. The number of allylic oxidation sites excluding steroid dienone is 2. The monoisotopic (exact) mass is 256 g/mol. The van der Waals surface area contributed by atoms with Crippen LogP contribution in [0.15, 0.2) is 29.8 Å². The molecule has 0 N–H and O–H groups in total. The highest BCUT2D eigenvalue weighted by molar-refractivity contribution is 6.62. The van der Waals surface area contributed by atoms with E-state index in [9.17, 15) is 0 Å². The van der Waals surface area contributed by atoms with E-state index in [-0.39, 0.29) is 18.3 Å². The van der Waals surface area contributed by atoms with Crippen molar-refractivity contribution in [2.45, 2.75) is 52.2 Å². The topological polar surface area (TPSA) is 18.5 Å². The fraction of sp³-hybridized carbons (Fsp3) is 0.500. The molecule has 0 amide bonds. The van der Waals surface area contributed by atoms with Crippen LogP contribution >= 0.6 is 0 Å². The van der Waals surface area contributed by atoms with Gasteiger partial charge in [0.15, 0.2) is 0 Å². The largest absolute Gasteiger partial charge is 0.494 e. The van der Waals surface area contributed by atoms with E-state index in [4.69, 9.17) is 9.31 Å². The second kappa shape index (κ2) is 3.97. The summed E-state index contributed by atoms with van der Waals surface area (Å²) in [4.78, 5) is 0.